The van der Waals surface area contributed by atoms with E-state index in [1.165, 1.54) is 0 Å². The Labute approximate surface area is 241 Å². The fraction of sp³-hybridized carbons (Fsp3) is 0. The fourth-order valence-corrected chi connectivity index (χ4v) is 6.39. The number of hydrogen-bond donors (Lipinski definition) is 0. The molecule has 0 aliphatic heterocycles. The first-order valence-corrected chi connectivity index (χ1v) is 13.7. The predicted molar refractivity (Wildman–Crippen MR) is 168 cm³/mol. The Morgan fingerprint density at radius 1 is 0.476 bits per heavy atom. The van der Waals surface area contributed by atoms with Gasteiger partial charge in [-0.2, -0.15) is 10.5 Å². The van der Waals surface area contributed by atoms with Crippen molar-refractivity contribution in [3.05, 3.63) is 139 Å². The van der Waals surface area contributed by atoms with E-state index in [1.807, 2.05) is 48.8 Å². The van der Waals surface area contributed by atoms with Crippen molar-refractivity contribution in [1.82, 2.24) is 14.1 Å². The average Bonchev–Trinajstić information content (AvgIpc) is 3.57. The van der Waals surface area contributed by atoms with Crippen molar-refractivity contribution in [2.45, 2.75) is 0 Å². The van der Waals surface area contributed by atoms with Gasteiger partial charge in [-0.3, -0.25) is 4.98 Å². The molecule has 0 N–H and O–H groups in total. The molecule has 8 aromatic rings. The van der Waals surface area contributed by atoms with Crippen molar-refractivity contribution >= 4 is 43.6 Å². The highest BCUT2D eigenvalue weighted by Crippen LogP contribution is 2.42. The van der Waals surface area contributed by atoms with E-state index in [9.17, 15) is 10.5 Å². The van der Waals surface area contributed by atoms with Gasteiger partial charge in [0, 0.05) is 32.7 Å². The highest BCUT2D eigenvalue weighted by Gasteiger charge is 2.24. The van der Waals surface area contributed by atoms with Gasteiger partial charge in [-0.05, 0) is 30.3 Å². The summed E-state index contributed by atoms with van der Waals surface area (Å²) in [6.45, 7) is 0. The van der Waals surface area contributed by atoms with Crippen LogP contribution in [0, 0.1) is 22.7 Å². The number of nitriles is 2. The molecule has 3 aromatic heterocycles. The van der Waals surface area contributed by atoms with Crippen molar-refractivity contribution in [2.75, 3.05) is 0 Å². The molecule has 3 heterocycles. The molecular weight excluding hydrogens is 514 g/mol. The van der Waals surface area contributed by atoms with E-state index in [0.29, 0.717) is 16.7 Å². The smallest absolute Gasteiger partial charge is 0.101 e. The van der Waals surface area contributed by atoms with Crippen molar-refractivity contribution in [3.63, 3.8) is 0 Å². The number of fused-ring (bicyclic) bond motifs is 6. The van der Waals surface area contributed by atoms with Gasteiger partial charge < -0.3 is 9.13 Å². The zero-order chi connectivity index (χ0) is 28.2. The second kappa shape index (κ2) is 9.20. The number of rotatable bonds is 3. The third-order valence-electron chi connectivity index (χ3n) is 8.11. The van der Waals surface area contributed by atoms with Gasteiger partial charge in [-0.25, -0.2) is 0 Å². The van der Waals surface area contributed by atoms with E-state index < -0.39 is 0 Å². The number of para-hydroxylation sites is 4. The summed E-state index contributed by atoms with van der Waals surface area (Å²) in [4.78, 5) is 4.82. The molecule has 0 bridgehead atoms. The van der Waals surface area contributed by atoms with Gasteiger partial charge >= 0.3 is 0 Å². The van der Waals surface area contributed by atoms with Crippen LogP contribution in [0.5, 0.6) is 0 Å². The molecule has 194 valence electrons. The fourth-order valence-electron chi connectivity index (χ4n) is 6.39. The highest BCUT2D eigenvalue weighted by molar-refractivity contribution is 6.12. The second-order valence-corrected chi connectivity index (χ2v) is 10.2. The van der Waals surface area contributed by atoms with Crippen LogP contribution in [0.25, 0.3) is 66.1 Å². The van der Waals surface area contributed by atoms with Gasteiger partial charge in [0.1, 0.15) is 12.1 Å². The first-order valence-electron chi connectivity index (χ1n) is 13.7. The molecule has 0 aliphatic rings. The molecule has 0 saturated heterocycles. The average molecular weight is 536 g/mol. The minimum atomic E-state index is 0.341. The Morgan fingerprint density at radius 2 is 0.905 bits per heavy atom. The second-order valence-electron chi connectivity index (χ2n) is 10.2. The molecule has 0 aliphatic carbocycles. The van der Waals surface area contributed by atoms with Crippen LogP contribution in [0.2, 0.25) is 0 Å². The Kier molecular flexibility index (Phi) is 5.19. The van der Waals surface area contributed by atoms with Crippen molar-refractivity contribution < 1.29 is 0 Å². The van der Waals surface area contributed by atoms with E-state index >= 15 is 0 Å². The standard InChI is InChI=1S/C37H21N5/c38-20-24-10-9-15-29(30(24)21-39)37-35(41-31-16-5-1-11-25(31)26-12-2-6-17-32(26)41)22-40-23-36(37)42-33-18-7-3-13-27(33)28-14-4-8-19-34(28)42/h1-19,22-23H. The summed E-state index contributed by atoms with van der Waals surface area (Å²) < 4.78 is 4.45. The third-order valence-corrected chi connectivity index (χ3v) is 8.11. The first kappa shape index (κ1) is 23.7. The van der Waals surface area contributed by atoms with Crippen LogP contribution < -0.4 is 0 Å². The molecule has 0 fully saturated rings. The van der Waals surface area contributed by atoms with Crippen molar-refractivity contribution in [2.24, 2.45) is 0 Å². The lowest BCUT2D eigenvalue weighted by Gasteiger charge is -2.20. The summed E-state index contributed by atoms with van der Waals surface area (Å²) in [6.07, 6.45) is 3.73. The van der Waals surface area contributed by atoms with Crippen molar-refractivity contribution in [3.8, 4) is 34.6 Å². The van der Waals surface area contributed by atoms with Crippen LogP contribution in [0.15, 0.2) is 128 Å². The number of pyridine rings is 1. The van der Waals surface area contributed by atoms with Gasteiger partial charge in [-0.1, -0.05) is 84.9 Å². The topological polar surface area (TPSA) is 70.3 Å². The van der Waals surface area contributed by atoms with Gasteiger partial charge in [0.25, 0.3) is 0 Å². The molecule has 42 heavy (non-hydrogen) atoms. The van der Waals surface area contributed by atoms with Crippen molar-refractivity contribution in [1.29, 1.82) is 10.5 Å². The normalized spacial score (nSPS) is 11.3. The number of hydrogen-bond acceptors (Lipinski definition) is 3. The maximum Gasteiger partial charge on any atom is 0.101 e. The van der Waals surface area contributed by atoms with E-state index in [1.54, 1.807) is 6.07 Å². The lowest BCUT2D eigenvalue weighted by molar-refractivity contribution is 1.09. The number of aromatic nitrogens is 3. The summed E-state index contributed by atoms with van der Waals surface area (Å²) >= 11 is 0. The quantitative estimate of drug-likeness (QED) is 0.227. The van der Waals surface area contributed by atoms with Crippen LogP contribution in [0.3, 0.4) is 0 Å². The van der Waals surface area contributed by atoms with Crippen LogP contribution in [-0.4, -0.2) is 14.1 Å². The molecule has 5 nitrogen and oxygen atoms in total. The first-order chi connectivity index (χ1) is 20.8. The van der Waals surface area contributed by atoms with Gasteiger partial charge in [0.15, 0.2) is 0 Å². The maximum atomic E-state index is 10.4. The lowest BCUT2D eigenvalue weighted by atomic mass is 9.94. The molecule has 0 amide bonds. The lowest BCUT2D eigenvalue weighted by Crippen LogP contribution is -2.06. The Balaban J connectivity index is 1.60. The van der Waals surface area contributed by atoms with Gasteiger partial charge in [-0.15, -0.1) is 0 Å². The molecule has 0 radical (unpaired) electrons. The third kappa shape index (κ3) is 3.26. The van der Waals surface area contributed by atoms with Gasteiger partial charge in [0.2, 0.25) is 0 Å². The Bertz CT molecular complexity index is 2210. The maximum absolute atomic E-state index is 10.4. The van der Waals surface area contributed by atoms with Crippen LogP contribution in [0.1, 0.15) is 11.1 Å². The van der Waals surface area contributed by atoms with Crippen LogP contribution in [0.4, 0.5) is 0 Å². The van der Waals surface area contributed by atoms with Crippen LogP contribution >= 0.6 is 0 Å². The summed E-state index contributed by atoms with van der Waals surface area (Å²) in [5.74, 6) is 0. The van der Waals surface area contributed by atoms with E-state index in [0.717, 1.165) is 60.5 Å². The largest absolute Gasteiger partial charge is 0.307 e. The van der Waals surface area contributed by atoms with Gasteiger partial charge in [0.05, 0.1) is 57.0 Å². The summed E-state index contributed by atoms with van der Waals surface area (Å²) in [6, 6.07) is 43.4. The summed E-state index contributed by atoms with van der Waals surface area (Å²) in [5, 5.41) is 24.9. The molecule has 0 saturated carbocycles. The molecule has 5 aromatic carbocycles. The summed E-state index contributed by atoms with van der Waals surface area (Å²) in [7, 11) is 0. The number of nitrogens with zero attached hydrogens (tertiary/aromatic N) is 5. The minimum Gasteiger partial charge on any atom is -0.307 e. The SMILES string of the molecule is N#Cc1cccc(-c2c(-n3c4ccccc4c4ccccc43)cncc2-n2c3ccccc3c3ccccc32)c1C#N. The molecular formula is C37H21N5. The number of benzene rings is 5. The molecule has 0 atom stereocenters. The minimum absolute atomic E-state index is 0.341. The highest BCUT2D eigenvalue weighted by atomic mass is 15.0. The summed E-state index contributed by atoms with van der Waals surface area (Å²) in [5.41, 5.74) is 8.02. The van der Waals surface area contributed by atoms with Crippen LogP contribution in [-0.2, 0) is 0 Å². The molecule has 0 spiro atoms. The Hall–Kier alpha value is -6.17. The van der Waals surface area contributed by atoms with E-state index in [2.05, 4.69) is 94.1 Å². The van der Waals surface area contributed by atoms with E-state index in [4.69, 9.17) is 4.98 Å². The molecule has 5 heteroatoms. The molecule has 8 rings (SSSR count). The van der Waals surface area contributed by atoms with E-state index in [-0.39, 0.29) is 0 Å². The predicted octanol–water partition coefficient (Wildman–Crippen LogP) is 8.69. The monoisotopic (exact) mass is 535 g/mol. The Morgan fingerprint density at radius 3 is 1.31 bits per heavy atom. The zero-order valence-electron chi connectivity index (χ0n) is 22.4. The zero-order valence-corrected chi connectivity index (χ0v) is 22.4. The molecule has 0 unspecified atom stereocenters.